The normalized spacial score (nSPS) is 17.2. The largest absolute Gasteiger partial charge is 0.340 e. The van der Waals surface area contributed by atoms with Crippen LogP contribution >= 0.6 is 0 Å². The van der Waals surface area contributed by atoms with Crippen molar-refractivity contribution in [1.29, 1.82) is 0 Å². The van der Waals surface area contributed by atoms with Gasteiger partial charge in [0.15, 0.2) is 0 Å². The molecule has 2 aromatic heterocycles. The van der Waals surface area contributed by atoms with E-state index in [1.165, 1.54) is 0 Å². The number of hydrogen-bond acceptors (Lipinski definition) is 3. The zero-order valence-corrected chi connectivity index (χ0v) is 9.69. The first-order valence-electron chi connectivity index (χ1n) is 6.10. The van der Waals surface area contributed by atoms with Crippen LogP contribution in [0.2, 0.25) is 0 Å². The van der Waals surface area contributed by atoms with Crippen LogP contribution in [0.4, 0.5) is 0 Å². The molecule has 3 heterocycles. The Balaban J connectivity index is 1.83. The molecule has 0 radical (unpaired) electrons. The van der Waals surface area contributed by atoms with Gasteiger partial charge < -0.3 is 10.3 Å². The number of pyridine rings is 1. The van der Waals surface area contributed by atoms with Gasteiger partial charge in [-0.1, -0.05) is 6.07 Å². The van der Waals surface area contributed by atoms with Crippen molar-refractivity contribution in [3.63, 3.8) is 0 Å². The molecule has 0 spiro atoms. The molecule has 0 aromatic carbocycles. The molecule has 17 heavy (non-hydrogen) atoms. The van der Waals surface area contributed by atoms with Crippen molar-refractivity contribution in [3.05, 3.63) is 36.4 Å². The number of nitrogens with one attached hydrogen (secondary N) is 2. The molecule has 0 amide bonds. The summed E-state index contributed by atoms with van der Waals surface area (Å²) in [6.07, 6.45) is 6.02. The van der Waals surface area contributed by atoms with Gasteiger partial charge in [0.2, 0.25) is 0 Å². The lowest BCUT2D eigenvalue weighted by atomic mass is 9.98. The van der Waals surface area contributed by atoms with Gasteiger partial charge in [0.25, 0.3) is 0 Å². The van der Waals surface area contributed by atoms with Gasteiger partial charge in [0.1, 0.15) is 5.82 Å². The summed E-state index contributed by atoms with van der Waals surface area (Å²) in [5, 5.41) is 3.37. The minimum Gasteiger partial charge on any atom is -0.340 e. The second kappa shape index (κ2) is 4.67. The molecule has 1 fully saturated rings. The first-order valence-corrected chi connectivity index (χ1v) is 6.10. The van der Waals surface area contributed by atoms with Crippen LogP contribution in [0.15, 0.2) is 30.6 Å². The molecule has 0 aliphatic carbocycles. The summed E-state index contributed by atoms with van der Waals surface area (Å²) in [6, 6.07) is 5.92. The summed E-state index contributed by atoms with van der Waals surface area (Å²) in [4.78, 5) is 12.2. The molecule has 2 aromatic rings. The molecule has 1 aliphatic heterocycles. The first kappa shape index (κ1) is 10.5. The lowest BCUT2D eigenvalue weighted by Gasteiger charge is -2.20. The minimum absolute atomic E-state index is 0.564. The summed E-state index contributed by atoms with van der Waals surface area (Å²) in [7, 11) is 0. The van der Waals surface area contributed by atoms with Crippen molar-refractivity contribution in [1.82, 2.24) is 20.3 Å². The molecular weight excluding hydrogens is 212 g/mol. The van der Waals surface area contributed by atoms with E-state index in [0.29, 0.717) is 5.92 Å². The highest BCUT2D eigenvalue weighted by atomic mass is 15.0. The standard InChI is InChI=1S/C13H16N4/c1-2-6-15-11(3-1)12-9-16-13(17-12)10-4-7-14-8-5-10/h1-3,6,9-10,14H,4-5,7-8H2,(H,16,17). The molecule has 0 unspecified atom stereocenters. The summed E-state index contributed by atoms with van der Waals surface area (Å²) in [6.45, 7) is 2.18. The number of hydrogen-bond donors (Lipinski definition) is 2. The van der Waals surface area contributed by atoms with Crippen LogP contribution in [-0.4, -0.2) is 28.0 Å². The van der Waals surface area contributed by atoms with Crippen LogP contribution in [0.5, 0.6) is 0 Å². The van der Waals surface area contributed by atoms with Gasteiger partial charge in [0, 0.05) is 12.1 Å². The Labute approximate surface area is 101 Å². The highest BCUT2D eigenvalue weighted by molar-refractivity contribution is 5.52. The number of aromatic nitrogens is 3. The van der Waals surface area contributed by atoms with Crippen LogP contribution in [0.25, 0.3) is 11.4 Å². The maximum Gasteiger partial charge on any atom is 0.109 e. The third-order valence-corrected chi connectivity index (χ3v) is 3.26. The number of nitrogens with zero attached hydrogens (tertiary/aromatic N) is 2. The van der Waals surface area contributed by atoms with Crippen molar-refractivity contribution in [2.45, 2.75) is 18.8 Å². The van der Waals surface area contributed by atoms with Crippen molar-refractivity contribution >= 4 is 0 Å². The predicted octanol–water partition coefficient (Wildman–Crippen LogP) is 1.94. The molecule has 88 valence electrons. The molecule has 2 N–H and O–H groups in total. The van der Waals surface area contributed by atoms with E-state index in [9.17, 15) is 0 Å². The highest BCUT2D eigenvalue weighted by Crippen LogP contribution is 2.24. The highest BCUT2D eigenvalue weighted by Gasteiger charge is 2.18. The topological polar surface area (TPSA) is 53.6 Å². The van der Waals surface area contributed by atoms with E-state index >= 15 is 0 Å². The third-order valence-electron chi connectivity index (χ3n) is 3.26. The van der Waals surface area contributed by atoms with Gasteiger partial charge in [-0.15, -0.1) is 0 Å². The van der Waals surface area contributed by atoms with Crippen LogP contribution in [0.1, 0.15) is 24.6 Å². The zero-order valence-electron chi connectivity index (χ0n) is 9.69. The molecule has 4 heteroatoms. The molecule has 0 atom stereocenters. The summed E-state index contributed by atoms with van der Waals surface area (Å²) in [5.74, 6) is 1.67. The fourth-order valence-corrected chi connectivity index (χ4v) is 2.29. The molecule has 0 saturated carbocycles. The molecule has 0 bridgehead atoms. The van der Waals surface area contributed by atoms with Crippen LogP contribution in [0, 0.1) is 0 Å². The van der Waals surface area contributed by atoms with E-state index in [0.717, 1.165) is 43.1 Å². The first-order chi connectivity index (χ1) is 8.43. The van der Waals surface area contributed by atoms with E-state index in [1.54, 1.807) is 6.20 Å². The average molecular weight is 228 g/mol. The Morgan fingerprint density at radius 1 is 1.12 bits per heavy atom. The molecule has 1 saturated heterocycles. The maximum atomic E-state index is 4.49. The number of imidazole rings is 1. The van der Waals surface area contributed by atoms with Crippen molar-refractivity contribution < 1.29 is 0 Å². The Morgan fingerprint density at radius 2 is 2.00 bits per heavy atom. The summed E-state index contributed by atoms with van der Waals surface area (Å²) < 4.78 is 0. The number of H-pyrrole nitrogens is 1. The van der Waals surface area contributed by atoms with Gasteiger partial charge in [-0.25, -0.2) is 4.98 Å². The van der Waals surface area contributed by atoms with Gasteiger partial charge >= 0.3 is 0 Å². The van der Waals surface area contributed by atoms with E-state index in [-0.39, 0.29) is 0 Å². The molecule has 1 aliphatic rings. The molecule has 4 nitrogen and oxygen atoms in total. The predicted molar refractivity (Wildman–Crippen MR) is 66.7 cm³/mol. The van der Waals surface area contributed by atoms with E-state index in [1.807, 2.05) is 24.4 Å². The quantitative estimate of drug-likeness (QED) is 0.826. The van der Waals surface area contributed by atoms with Crippen molar-refractivity contribution in [2.24, 2.45) is 0 Å². The Hall–Kier alpha value is -1.68. The second-order valence-electron chi connectivity index (χ2n) is 4.42. The summed E-state index contributed by atoms with van der Waals surface area (Å²) >= 11 is 0. The Bertz CT molecular complexity index is 471. The zero-order chi connectivity index (χ0) is 11.5. The van der Waals surface area contributed by atoms with Crippen molar-refractivity contribution in [3.8, 4) is 11.4 Å². The number of aromatic amines is 1. The fourth-order valence-electron chi connectivity index (χ4n) is 2.29. The number of rotatable bonds is 2. The lowest BCUT2D eigenvalue weighted by Crippen LogP contribution is -2.27. The molecule has 3 rings (SSSR count). The SMILES string of the molecule is c1ccc(-c2cnc(C3CCNCC3)[nH]2)nc1. The smallest absolute Gasteiger partial charge is 0.109 e. The fraction of sp³-hybridized carbons (Fsp3) is 0.385. The van der Waals surface area contributed by atoms with E-state index in [2.05, 4.69) is 20.3 Å². The minimum atomic E-state index is 0.564. The number of piperidine rings is 1. The maximum absolute atomic E-state index is 4.49. The molecular formula is C13H16N4. The third kappa shape index (κ3) is 2.22. The van der Waals surface area contributed by atoms with Gasteiger partial charge in [-0.05, 0) is 38.1 Å². The van der Waals surface area contributed by atoms with E-state index < -0.39 is 0 Å². The van der Waals surface area contributed by atoms with Crippen LogP contribution in [-0.2, 0) is 0 Å². The van der Waals surface area contributed by atoms with Crippen LogP contribution in [0.3, 0.4) is 0 Å². The van der Waals surface area contributed by atoms with Crippen molar-refractivity contribution in [2.75, 3.05) is 13.1 Å². The lowest BCUT2D eigenvalue weighted by molar-refractivity contribution is 0.447. The van der Waals surface area contributed by atoms with Gasteiger partial charge in [-0.3, -0.25) is 4.98 Å². The second-order valence-corrected chi connectivity index (χ2v) is 4.42. The average Bonchev–Trinajstić information content (AvgIpc) is 2.90. The van der Waals surface area contributed by atoms with Gasteiger partial charge in [0.05, 0.1) is 17.6 Å². The van der Waals surface area contributed by atoms with E-state index in [4.69, 9.17) is 0 Å². The van der Waals surface area contributed by atoms with Gasteiger partial charge in [-0.2, -0.15) is 0 Å². The monoisotopic (exact) mass is 228 g/mol. The Kier molecular flexibility index (Phi) is 2.88. The van der Waals surface area contributed by atoms with Crippen LogP contribution < -0.4 is 5.32 Å². The summed E-state index contributed by atoms with van der Waals surface area (Å²) in [5.41, 5.74) is 1.97. The Morgan fingerprint density at radius 3 is 2.76 bits per heavy atom.